The number of halogens is 1. The van der Waals surface area contributed by atoms with Crippen LogP contribution in [0, 0.1) is 11.7 Å². The normalized spacial score (nSPS) is 28.5. The first-order valence-corrected chi connectivity index (χ1v) is 7.44. The lowest BCUT2D eigenvalue weighted by molar-refractivity contribution is 0.134. The van der Waals surface area contributed by atoms with Gasteiger partial charge in [-0.25, -0.2) is 4.39 Å². The Balaban J connectivity index is 1.55. The number of nitrogens with one attached hydrogen (secondary N) is 1. The molecule has 2 atom stereocenters. The lowest BCUT2D eigenvalue weighted by atomic mass is 10.0. The number of piperazine rings is 1. The van der Waals surface area contributed by atoms with E-state index in [1.165, 1.54) is 18.9 Å². The van der Waals surface area contributed by atoms with Crippen LogP contribution in [-0.2, 0) is 6.42 Å². The van der Waals surface area contributed by atoms with Crippen molar-refractivity contribution >= 4 is 0 Å². The van der Waals surface area contributed by atoms with Gasteiger partial charge >= 0.3 is 0 Å². The lowest BCUT2D eigenvalue weighted by Gasteiger charge is -2.39. The van der Waals surface area contributed by atoms with E-state index in [9.17, 15) is 4.39 Å². The summed E-state index contributed by atoms with van der Waals surface area (Å²) in [5.41, 5.74) is 1.11. The largest absolute Gasteiger partial charge is 0.311 e. The molecule has 1 saturated carbocycles. The van der Waals surface area contributed by atoms with Crippen molar-refractivity contribution in [1.82, 2.24) is 10.2 Å². The molecule has 1 aromatic rings. The summed E-state index contributed by atoms with van der Waals surface area (Å²) in [6.07, 6.45) is 3.73. The molecule has 0 bridgehead atoms. The molecule has 1 saturated heterocycles. The average Bonchev–Trinajstić information content (AvgIpc) is 3.22. The molecule has 2 unspecified atom stereocenters. The van der Waals surface area contributed by atoms with Crippen LogP contribution in [0.4, 0.5) is 4.39 Å². The first-order chi connectivity index (χ1) is 9.22. The summed E-state index contributed by atoms with van der Waals surface area (Å²) < 4.78 is 13.2. The summed E-state index contributed by atoms with van der Waals surface area (Å²) in [6.45, 7) is 5.56. The molecule has 3 heteroatoms. The molecule has 1 aliphatic heterocycles. The molecule has 2 nitrogen and oxygen atoms in total. The van der Waals surface area contributed by atoms with E-state index in [1.54, 1.807) is 12.1 Å². The van der Waals surface area contributed by atoms with Crippen LogP contribution in [0.15, 0.2) is 24.3 Å². The molecule has 2 aliphatic rings. The highest BCUT2D eigenvalue weighted by molar-refractivity contribution is 5.16. The highest BCUT2D eigenvalue weighted by atomic mass is 19.1. The van der Waals surface area contributed by atoms with Gasteiger partial charge in [0.25, 0.3) is 0 Å². The maximum Gasteiger partial charge on any atom is 0.123 e. The second kappa shape index (κ2) is 5.59. The monoisotopic (exact) mass is 262 g/mol. The Labute approximate surface area is 115 Å². The molecule has 0 aromatic heterocycles. The molecule has 2 fully saturated rings. The summed E-state index contributed by atoms with van der Waals surface area (Å²) in [5.74, 6) is 0.783. The van der Waals surface area contributed by atoms with Gasteiger partial charge in [0.1, 0.15) is 5.82 Å². The Morgan fingerprint density at radius 3 is 2.95 bits per heavy atom. The minimum atomic E-state index is -0.123. The second-order valence-corrected chi connectivity index (χ2v) is 6.08. The molecule has 3 rings (SSSR count). The molecule has 1 aliphatic carbocycles. The van der Waals surface area contributed by atoms with Crippen molar-refractivity contribution in [3.8, 4) is 0 Å². The van der Waals surface area contributed by atoms with Crippen LogP contribution in [-0.4, -0.2) is 36.6 Å². The number of hydrogen-bond donors (Lipinski definition) is 1. The summed E-state index contributed by atoms with van der Waals surface area (Å²) in [6, 6.07) is 8.27. The standard InChI is InChI=1S/C16H23FN2/c1-12-10-18-16(14-5-6-14)11-19(12)8-7-13-3-2-4-15(17)9-13/h2-4,9,12,14,16,18H,5-8,10-11H2,1H3. The predicted octanol–water partition coefficient (Wildman–Crippen LogP) is 2.44. The lowest BCUT2D eigenvalue weighted by Crippen LogP contribution is -2.56. The van der Waals surface area contributed by atoms with Gasteiger partial charge < -0.3 is 5.32 Å². The minimum absolute atomic E-state index is 0.123. The van der Waals surface area contributed by atoms with Crippen LogP contribution in [0.3, 0.4) is 0 Å². The summed E-state index contributed by atoms with van der Waals surface area (Å²) in [5, 5.41) is 3.67. The fourth-order valence-electron chi connectivity index (χ4n) is 3.04. The van der Waals surface area contributed by atoms with E-state index < -0.39 is 0 Å². The van der Waals surface area contributed by atoms with Crippen molar-refractivity contribution in [1.29, 1.82) is 0 Å². The first-order valence-electron chi connectivity index (χ1n) is 7.44. The third kappa shape index (κ3) is 3.34. The third-order valence-electron chi connectivity index (χ3n) is 4.50. The Morgan fingerprint density at radius 1 is 1.37 bits per heavy atom. The molecular weight excluding hydrogens is 239 g/mol. The zero-order chi connectivity index (χ0) is 13.2. The van der Waals surface area contributed by atoms with Gasteiger partial charge in [-0.1, -0.05) is 12.1 Å². The summed E-state index contributed by atoms with van der Waals surface area (Å²) in [4.78, 5) is 2.56. The molecule has 1 N–H and O–H groups in total. The highest BCUT2D eigenvalue weighted by Gasteiger charge is 2.35. The maximum atomic E-state index is 13.2. The molecule has 104 valence electrons. The van der Waals surface area contributed by atoms with Gasteiger partial charge in [-0.05, 0) is 49.8 Å². The SMILES string of the molecule is CC1CNC(C2CC2)CN1CCc1cccc(F)c1. The van der Waals surface area contributed by atoms with Gasteiger partial charge in [-0.3, -0.25) is 4.90 Å². The Bertz CT molecular complexity index is 431. The predicted molar refractivity (Wildman–Crippen MR) is 75.7 cm³/mol. The van der Waals surface area contributed by atoms with Crippen molar-refractivity contribution < 1.29 is 4.39 Å². The fraction of sp³-hybridized carbons (Fsp3) is 0.625. The molecular formula is C16H23FN2. The van der Waals surface area contributed by atoms with Gasteiger partial charge in [-0.2, -0.15) is 0 Å². The molecule has 1 aromatic carbocycles. The minimum Gasteiger partial charge on any atom is -0.311 e. The van der Waals surface area contributed by atoms with E-state index in [2.05, 4.69) is 17.1 Å². The number of rotatable bonds is 4. The zero-order valence-electron chi connectivity index (χ0n) is 11.6. The van der Waals surface area contributed by atoms with Crippen molar-refractivity contribution in [2.45, 2.75) is 38.3 Å². The fourth-order valence-corrected chi connectivity index (χ4v) is 3.04. The van der Waals surface area contributed by atoms with Crippen LogP contribution in [0.25, 0.3) is 0 Å². The summed E-state index contributed by atoms with van der Waals surface area (Å²) >= 11 is 0. The quantitative estimate of drug-likeness (QED) is 0.896. The Morgan fingerprint density at radius 2 is 2.21 bits per heavy atom. The summed E-state index contributed by atoms with van der Waals surface area (Å²) in [7, 11) is 0. The van der Waals surface area contributed by atoms with Gasteiger partial charge in [0, 0.05) is 31.7 Å². The van der Waals surface area contributed by atoms with Gasteiger partial charge in [0.15, 0.2) is 0 Å². The van der Waals surface area contributed by atoms with Crippen LogP contribution in [0.1, 0.15) is 25.3 Å². The van der Waals surface area contributed by atoms with E-state index in [4.69, 9.17) is 0 Å². The van der Waals surface area contributed by atoms with Crippen molar-refractivity contribution in [2.24, 2.45) is 5.92 Å². The van der Waals surface area contributed by atoms with E-state index in [1.807, 2.05) is 6.07 Å². The van der Waals surface area contributed by atoms with Crippen LogP contribution < -0.4 is 5.32 Å². The molecule has 0 spiro atoms. The molecule has 19 heavy (non-hydrogen) atoms. The highest BCUT2D eigenvalue weighted by Crippen LogP contribution is 2.34. The second-order valence-electron chi connectivity index (χ2n) is 6.08. The maximum absolute atomic E-state index is 13.2. The van der Waals surface area contributed by atoms with Crippen molar-refractivity contribution in [2.75, 3.05) is 19.6 Å². The number of nitrogens with zero attached hydrogens (tertiary/aromatic N) is 1. The van der Waals surface area contributed by atoms with Crippen LogP contribution >= 0.6 is 0 Å². The third-order valence-corrected chi connectivity index (χ3v) is 4.50. The van der Waals surface area contributed by atoms with E-state index in [0.29, 0.717) is 12.1 Å². The van der Waals surface area contributed by atoms with Gasteiger partial charge in [0.2, 0.25) is 0 Å². The molecule has 0 amide bonds. The Hall–Kier alpha value is -0.930. The van der Waals surface area contributed by atoms with E-state index in [0.717, 1.165) is 37.5 Å². The Kier molecular flexibility index (Phi) is 3.85. The van der Waals surface area contributed by atoms with Crippen molar-refractivity contribution in [3.63, 3.8) is 0 Å². The molecule has 0 radical (unpaired) electrons. The van der Waals surface area contributed by atoms with Crippen LogP contribution in [0.5, 0.6) is 0 Å². The van der Waals surface area contributed by atoms with Crippen molar-refractivity contribution in [3.05, 3.63) is 35.6 Å². The number of benzene rings is 1. The van der Waals surface area contributed by atoms with E-state index >= 15 is 0 Å². The molecule has 1 heterocycles. The average molecular weight is 262 g/mol. The zero-order valence-corrected chi connectivity index (χ0v) is 11.6. The number of hydrogen-bond acceptors (Lipinski definition) is 2. The first kappa shape index (κ1) is 13.1. The van der Waals surface area contributed by atoms with Gasteiger partial charge in [-0.15, -0.1) is 0 Å². The smallest absolute Gasteiger partial charge is 0.123 e. The topological polar surface area (TPSA) is 15.3 Å². The van der Waals surface area contributed by atoms with Gasteiger partial charge in [0.05, 0.1) is 0 Å². The van der Waals surface area contributed by atoms with E-state index in [-0.39, 0.29) is 5.82 Å². The van der Waals surface area contributed by atoms with Crippen LogP contribution in [0.2, 0.25) is 0 Å².